The van der Waals surface area contributed by atoms with Gasteiger partial charge in [-0.3, -0.25) is 4.79 Å². The third-order valence-electron chi connectivity index (χ3n) is 5.12. The van der Waals surface area contributed by atoms with Gasteiger partial charge in [0.25, 0.3) is 5.91 Å². The van der Waals surface area contributed by atoms with Crippen molar-refractivity contribution in [3.63, 3.8) is 0 Å². The van der Waals surface area contributed by atoms with Gasteiger partial charge in [0.1, 0.15) is 0 Å². The first kappa shape index (κ1) is 15.4. The lowest BCUT2D eigenvalue weighted by Gasteiger charge is -2.44. The van der Waals surface area contributed by atoms with Crippen molar-refractivity contribution in [3.05, 3.63) is 46.2 Å². The van der Waals surface area contributed by atoms with Crippen LogP contribution in [-0.2, 0) is 0 Å². The lowest BCUT2D eigenvalue weighted by molar-refractivity contribution is 0.0622. The highest BCUT2D eigenvalue weighted by Crippen LogP contribution is 2.29. The van der Waals surface area contributed by atoms with Crippen molar-refractivity contribution in [2.24, 2.45) is 5.92 Å². The first-order valence-electron chi connectivity index (χ1n) is 8.35. The highest BCUT2D eigenvalue weighted by Gasteiger charge is 2.35. The molecular formula is C19H19N3OS. The molecule has 2 bridgehead atoms. The molecule has 122 valence electrons. The Bertz CT molecular complexity index is 799. The second kappa shape index (κ2) is 6.39. The second-order valence-corrected chi connectivity index (χ2v) is 7.52. The summed E-state index contributed by atoms with van der Waals surface area (Å²) in [4.78, 5) is 15.8. The molecule has 4 heterocycles. The number of fused-ring (bicyclic) bond motifs is 3. The number of piperidine rings is 3. The van der Waals surface area contributed by atoms with Gasteiger partial charge in [-0.1, -0.05) is 12.1 Å². The second-order valence-electron chi connectivity index (χ2n) is 6.61. The van der Waals surface area contributed by atoms with Gasteiger partial charge in [-0.25, -0.2) is 0 Å². The molecule has 2 aromatic rings. The molecule has 5 rings (SSSR count). The number of hydrogen-bond donors (Lipinski definition) is 1. The number of rotatable bonds is 3. The van der Waals surface area contributed by atoms with Crippen LogP contribution in [0, 0.1) is 17.2 Å². The van der Waals surface area contributed by atoms with Gasteiger partial charge in [0.05, 0.1) is 16.5 Å². The summed E-state index contributed by atoms with van der Waals surface area (Å²) in [5, 5.41) is 14.2. The molecule has 0 aliphatic carbocycles. The van der Waals surface area contributed by atoms with Crippen molar-refractivity contribution < 1.29 is 4.79 Å². The van der Waals surface area contributed by atoms with E-state index >= 15 is 0 Å². The van der Waals surface area contributed by atoms with Crippen LogP contribution in [0.15, 0.2) is 35.7 Å². The number of carbonyl (C=O) groups excluding carboxylic acids is 1. The zero-order valence-corrected chi connectivity index (χ0v) is 14.2. The summed E-state index contributed by atoms with van der Waals surface area (Å²) in [5.41, 5.74) is 2.61. The zero-order chi connectivity index (χ0) is 16.5. The topological polar surface area (TPSA) is 56.1 Å². The van der Waals surface area contributed by atoms with Gasteiger partial charge in [-0.15, -0.1) is 11.3 Å². The van der Waals surface area contributed by atoms with Crippen LogP contribution in [0.4, 0.5) is 0 Å². The number of nitrogens with one attached hydrogen (secondary N) is 1. The molecule has 3 aliphatic rings. The molecule has 24 heavy (non-hydrogen) atoms. The number of amides is 1. The molecular weight excluding hydrogens is 318 g/mol. The Morgan fingerprint density at radius 1 is 1.25 bits per heavy atom. The Labute approximate surface area is 145 Å². The van der Waals surface area contributed by atoms with E-state index in [1.807, 2.05) is 29.6 Å². The number of nitrogens with zero attached hydrogens (tertiary/aromatic N) is 2. The molecule has 1 N–H and O–H groups in total. The van der Waals surface area contributed by atoms with E-state index in [2.05, 4.69) is 16.3 Å². The first-order valence-corrected chi connectivity index (χ1v) is 9.23. The molecule has 0 unspecified atom stereocenters. The predicted octanol–water partition coefficient (Wildman–Crippen LogP) is 3.11. The molecule has 0 spiro atoms. The number of carbonyl (C=O) groups is 1. The minimum absolute atomic E-state index is 0.0291. The zero-order valence-electron chi connectivity index (χ0n) is 13.4. The largest absolute Gasteiger partial charge is 0.347 e. The summed E-state index contributed by atoms with van der Waals surface area (Å²) in [6.07, 6.45) is 2.39. The van der Waals surface area contributed by atoms with Crippen molar-refractivity contribution in [3.8, 4) is 17.2 Å². The number of nitriles is 1. The van der Waals surface area contributed by atoms with Gasteiger partial charge in [0, 0.05) is 12.6 Å². The normalized spacial score (nSPS) is 25.2. The summed E-state index contributed by atoms with van der Waals surface area (Å²) in [7, 11) is 0. The van der Waals surface area contributed by atoms with Crippen molar-refractivity contribution in [1.82, 2.24) is 10.2 Å². The van der Waals surface area contributed by atoms with Crippen LogP contribution < -0.4 is 5.32 Å². The van der Waals surface area contributed by atoms with Crippen LogP contribution in [-0.4, -0.2) is 36.5 Å². The van der Waals surface area contributed by atoms with E-state index in [4.69, 9.17) is 5.26 Å². The van der Waals surface area contributed by atoms with Gasteiger partial charge in [-0.05, 0) is 66.6 Å². The molecule has 1 amide bonds. The minimum Gasteiger partial charge on any atom is -0.347 e. The first-order chi connectivity index (χ1) is 11.7. The van der Waals surface area contributed by atoms with Crippen molar-refractivity contribution in [2.45, 2.75) is 18.9 Å². The Hall–Kier alpha value is -2.16. The van der Waals surface area contributed by atoms with E-state index in [9.17, 15) is 4.79 Å². The van der Waals surface area contributed by atoms with Crippen molar-refractivity contribution in [1.29, 1.82) is 5.26 Å². The average Bonchev–Trinajstić information content (AvgIpc) is 3.13. The smallest absolute Gasteiger partial charge is 0.261 e. The molecule has 1 aromatic carbocycles. The van der Waals surface area contributed by atoms with Crippen molar-refractivity contribution >= 4 is 17.2 Å². The molecule has 0 saturated carbocycles. The molecule has 1 atom stereocenters. The standard InChI is InChI=1S/C19H19N3OS/c20-10-13-2-1-3-15(8-13)16-9-18(24-12-16)19(23)21-17-11-22-6-4-14(17)5-7-22/h1-3,8-9,12,14,17H,4-7,11H2,(H,21,23)/t17-/m0/s1. The van der Waals surface area contributed by atoms with Crippen LogP contribution in [0.1, 0.15) is 28.1 Å². The lowest BCUT2D eigenvalue weighted by atomic mass is 9.84. The van der Waals surface area contributed by atoms with Crippen LogP contribution >= 0.6 is 11.3 Å². The maximum atomic E-state index is 12.6. The Morgan fingerprint density at radius 3 is 2.79 bits per heavy atom. The molecule has 3 aliphatic heterocycles. The van der Waals surface area contributed by atoms with E-state index in [0.717, 1.165) is 22.5 Å². The summed E-state index contributed by atoms with van der Waals surface area (Å²) in [5.74, 6) is 0.659. The molecule has 4 nitrogen and oxygen atoms in total. The fourth-order valence-electron chi connectivity index (χ4n) is 3.74. The summed E-state index contributed by atoms with van der Waals surface area (Å²) >= 11 is 1.47. The van der Waals surface area contributed by atoms with Crippen LogP contribution in [0.5, 0.6) is 0 Å². The van der Waals surface area contributed by atoms with Crippen LogP contribution in [0.25, 0.3) is 11.1 Å². The van der Waals surface area contributed by atoms with E-state index in [0.29, 0.717) is 11.5 Å². The van der Waals surface area contributed by atoms with E-state index < -0.39 is 0 Å². The van der Waals surface area contributed by atoms with E-state index in [-0.39, 0.29) is 11.9 Å². The van der Waals surface area contributed by atoms with Crippen LogP contribution in [0.2, 0.25) is 0 Å². The third kappa shape index (κ3) is 2.95. The Morgan fingerprint density at radius 2 is 2.08 bits per heavy atom. The summed E-state index contributed by atoms with van der Waals surface area (Å²) in [6.45, 7) is 3.34. The monoisotopic (exact) mass is 337 g/mol. The Kier molecular flexibility index (Phi) is 4.09. The fourth-order valence-corrected chi connectivity index (χ4v) is 4.56. The summed E-state index contributed by atoms with van der Waals surface area (Å²) in [6, 6.07) is 11.9. The number of hydrogen-bond acceptors (Lipinski definition) is 4. The SMILES string of the molecule is N#Cc1cccc(-c2csc(C(=O)N[C@H]3CN4CCC3CC4)c2)c1. The average molecular weight is 337 g/mol. The van der Waals surface area contributed by atoms with E-state index in [1.54, 1.807) is 6.07 Å². The highest BCUT2D eigenvalue weighted by molar-refractivity contribution is 7.12. The van der Waals surface area contributed by atoms with Gasteiger partial charge in [0.2, 0.25) is 0 Å². The molecule has 1 aromatic heterocycles. The van der Waals surface area contributed by atoms with Gasteiger partial charge >= 0.3 is 0 Å². The highest BCUT2D eigenvalue weighted by atomic mass is 32.1. The van der Waals surface area contributed by atoms with Gasteiger partial charge < -0.3 is 10.2 Å². The van der Waals surface area contributed by atoms with Gasteiger partial charge in [-0.2, -0.15) is 5.26 Å². The molecule has 5 heteroatoms. The van der Waals surface area contributed by atoms with Gasteiger partial charge in [0.15, 0.2) is 0 Å². The number of thiophene rings is 1. The Balaban J connectivity index is 1.48. The molecule has 3 fully saturated rings. The fraction of sp³-hybridized carbons (Fsp3) is 0.368. The maximum absolute atomic E-state index is 12.6. The van der Waals surface area contributed by atoms with E-state index in [1.165, 1.54) is 37.3 Å². The minimum atomic E-state index is 0.0291. The quantitative estimate of drug-likeness (QED) is 0.936. The van der Waals surface area contributed by atoms with Crippen molar-refractivity contribution in [2.75, 3.05) is 19.6 Å². The summed E-state index contributed by atoms with van der Waals surface area (Å²) < 4.78 is 0. The predicted molar refractivity (Wildman–Crippen MR) is 94.9 cm³/mol. The molecule has 3 saturated heterocycles. The number of benzene rings is 1. The maximum Gasteiger partial charge on any atom is 0.261 e. The lowest BCUT2D eigenvalue weighted by Crippen LogP contribution is -2.57. The third-order valence-corrected chi connectivity index (χ3v) is 6.05. The molecule has 0 radical (unpaired) electrons. The van der Waals surface area contributed by atoms with Crippen LogP contribution in [0.3, 0.4) is 0 Å².